The fourth-order valence-corrected chi connectivity index (χ4v) is 4.50. The minimum Gasteiger partial charge on any atom is -0.497 e. The van der Waals surface area contributed by atoms with Crippen LogP contribution in [0.4, 0.5) is 10.5 Å². The Kier molecular flexibility index (Phi) is 9.93. The van der Waals surface area contributed by atoms with E-state index in [9.17, 15) is 9.59 Å². The lowest BCUT2D eigenvalue weighted by atomic mass is 10.0. The van der Waals surface area contributed by atoms with Crippen LogP contribution in [0.5, 0.6) is 5.75 Å². The van der Waals surface area contributed by atoms with Crippen LogP contribution in [0.2, 0.25) is 0 Å². The van der Waals surface area contributed by atoms with Crippen LogP contribution in [-0.4, -0.2) is 56.2 Å². The average Bonchev–Trinajstić information content (AvgIpc) is 3.47. The molecule has 1 atom stereocenters. The van der Waals surface area contributed by atoms with Crippen LogP contribution in [0.3, 0.4) is 0 Å². The molecule has 0 unspecified atom stereocenters. The van der Waals surface area contributed by atoms with E-state index in [1.807, 2.05) is 78.9 Å². The molecule has 0 radical (unpaired) electrons. The number of urea groups is 1. The summed E-state index contributed by atoms with van der Waals surface area (Å²) in [4.78, 5) is 27.6. The molecule has 3 aromatic rings. The van der Waals surface area contributed by atoms with E-state index >= 15 is 0 Å². The second-order valence-corrected chi connectivity index (χ2v) is 9.40. The first kappa shape index (κ1) is 26.9. The van der Waals surface area contributed by atoms with E-state index in [-0.39, 0.29) is 18.0 Å². The molecule has 1 aliphatic rings. The highest BCUT2D eigenvalue weighted by Gasteiger charge is 2.13. The van der Waals surface area contributed by atoms with Crippen molar-refractivity contribution in [3.63, 3.8) is 0 Å². The number of methoxy groups -OCH3 is 1. The van der Waals surface area contributed by atoms with E-state index in [0.29, 0.717) is 18.7 Å². The number of amides is 3. The van der Waals surface area contributed by atoms with Gasteiger partial charge in [0.1, 0.15) is 5.75 Å². The molecule has 3 N–H and O–H groups in total. The molecule has 38 heavy (non-hydrogen) atoms. The van der Waals surface area contributed by atoms with Crippen LogP contribution < -0.4 is 20.7 Å². The Morgan fingerprint density at radius 2 is 1.61 bits per heavy atom. The highest BCUT2D eigenvalue weighted by Crippen LogP contribution is 2.21. The Labute approximate surface area is 224 Å². The lowest BCUT2D eigenvalue weighted by Crippen LogP contribution is -2.38. The maximum absolute atomic E-state index is 12.8. The third-order valence-corrected chi connectivity index (χ3v) is 6.59. The van der Waals surface area contributed by atoms with Gasteiger partial charge in [-0.3, -0.25) is 4.79 Å². The number of nitrogens with zero attached hydrogens (tertiary/aromatic N) is 1. The summed E-state index contributed by atoms with van der Waals surface area (Å²) < 4.78 is 5.24. The van der Waals surface area contributed by atoms with Crippen molar-refractivity contribution in [2.45, 2.75) is 25.3 Å². The van der Waals surface area contributed by atoms with Crippen LogP contribution >= 0.6 is 0 Å². The average molecular weight is 513 g/mol. The normalized spacial score (nSPS) is 14.2. The molecule has 0 spiro atoms. The number of nitrogens with one attached hydrogen (secondary N) is 3. The Bertz CT molecular complexity index is 1190. The molecular weight excluding hydrogens is 476 g/mol. The standard InChI is InChI=1S/C31H36N4O3/c1-38-29-16-9-24(10-17-29)23-28(15-18-30(36)32-19-22-35-20-5-6-21-35)34-31(37)33-27-13-11-26(12-14-27)25-7-3-2-4-8-25/h2-4,7-18,28H,5-6,19-23H2,1H3,(H,32,36)(H2,33,34,37)/b18-15+/t28-/m1/s1. The van der Waals surface area contributed by atoms with E-state index in [0.717, 1.165) is 42.1 Å². The minimum atomic E-state index is -0.378. The Morgan fingerprint density at radius 3 is 2.29 bits per heavy atom. The van der Waals surface area contributed by atoms with Gasteiger partial charge in [0.05, 0.1) is 13.2 Å². The van der Waals surface area contributed by atoms with Crippen LogP contribution in [0.15, 0.2) is 91.0 Å². The molecule has 7 heteroatoms. The summed E-state index contributed by atoms with van der Waals surface area (Å²) in [5.41, 5.74) is 3.90. The number of likely N-dealkylation sites (tertiary alicyclic amines) is 1. The summed E-state index contributed by atoms with van der Waals surface area (Å²) in [6.45, 7) is 3.67. The van der Waals surface area contributed by atoms with Gasteiger partial charge in [-0.1, -0.05) is 60.7 Å². The van der Waals surface area contributed by atoms with Crippen molar-refractivity contribution in [2.75, 3.05) is 38.6 Å². The van der Waals surface area contributed by atoms with Crippen molar-refractivity contribution in [2.24, 2.45) is 0 Å². The number of carbonyl (C=O) groups is 2. The molecule has 3 amide bonds. The lowest BCUT2D eigenvalue weighted by Gasteiger charge is -2.17. The number of hydrogen-bond acceptors (Lipinski definition) is 4. The zero-order valence-electron chi connectivity index (χ0n) is 21.9. The summed E-state index contributed by atoms with van der Waals surface area (Å²) in [7, 11) is 1.63. The molecule has 0 bridgehead atoms. The minimum absolute atomic E-state index is 0.164. The Hall–Kier alpha value is -4.10. The predicted molar refractivity (Wildman–Crippen MR) is 152 cm³/mol. The molecule has 3 aromatic carbocycles. The smallest absolute Gasteiger partial charge is 0.319 e. The number of carbonyl (C=O) groups excluding carboxylic acids is 2. The summed E-state index contributed by atoms with van der Waals surface area (Å²) in [6, 6.07) is 24.8. The van der Waals surface area contributed by atoms with Gasteiger partial charge < -0.3 is 25.6 Å². The van der Waals surface area contributed by atoms with E-state index in [2.05, 4.69) is 20.9 Å². The highest BCUT2D eigenvalue weighted by atomic mass is 16.5. The number of benzene rings is 3. The van der Waals surface area contributed by atoms with Gasteiger partial charge in [0.15, 0.2) is 0 Å². The Morgan fingerprint density at radius 1 is 0.921 bits per heavy atom. The monoisotopic (exact) mass is 512 g/mol. The topological polar surface area (TPSA) is 82.7 Å². The maximum atomic E-state index is 12.8. The van der Waals surface area contributed by atoms with E-state index in [1.165, 1.54) is 18.9 Å². The lowest BCUT2D eigenvalue weighted by molar-refractivity contribution is -0.116. The van der Waals surface area contributed by atoms with Gasteiger partial charge in [-0.05, 0) is 73.3 Å². The van der Waals surface area contributed by atoms with Crippen molar-refractivity contribution >= 4 is 17.6 Å². The highest BCUT2D eigenvalue weighted by molar-refractivity contribution is 5.90. The van der Waals surface area contributed by atoms with Crippen LogP contribution in [-0.2, 0) is 11.2 Å². The fourth-order valence-electron chi connectivity index (χ4n) is 4.50. The van der Waals surface area contributed by atoms with E-state index in [4.69, 9.17) is 4.74 Å². The van der Waals surface area contributed by atoms with Gasteiger partial charge in [-0.2, -0.15) is 0 Å². The number of ether oxygens (including phenoxy) is 1. The summed E-state index contributed by atoms with van der Waals surface area (Å²) in [5, 5.41) is 8.83. The van der Waals surface area contributed by atoms with Crippen LogP contribution in [0, 0.1) is 0 Å². The molecule has 0 aromatic heterocycles. The molecule has 4 rings (SSSR count). The molecule has 1 aliphatic heterocycles. The molecule has 0 saturated carbocycles. The van der Waals surface area contributed by atoms with Crippen molar-refractivity contribution in [1.82, 2.24) is 15.5 Å². The number of rotatable bonds is 11. The molecule has 0 aliphatic carbocycles. The van der Waals surface area contributed by atoms with Crippen LogP contribution in [0.25, 0.3) is 11.1 Å². The molecule has 1 heterocycles. The van der Waals surface area contributed by atoms with Gasteiger partial charge in [0.25, 0.3) is 0 Å². The largest absolute Gasteiger partial charge is 0.497 e. The second-order valence-electron chi connectivity index (χ2n) is 9.40. The molecular formula is C31H36N4O3. The van der Waals surface area contributed by atoms with Crippen molar-refractivity contribution in [3.05, 3.63) is 96.6 Å². The zero-order chi connectivity index (χ0) is 26.6. The number of hydrogen-bond donors (Lipinski definition) is 3. The molecule has 7 nitrogen and oxygen atoms in total. The van der Waals surface area contributed by atoms with Gasteiger partial charge in [0, 0.05) is 24.9 Å². The Balaban J connectivity index is 1.35. The third kappa shape index (κ3) is 8.49. The van der Waals surface area contributed by atoms with E-state index < -0.39 is 0 Å². The van der Waals surface area contributed by atoms with E-state index in [1.54, 1.807) is 13.2 Å². The second kappa shape index (κ2) is 14.0. The predicted octanol–water partition coefficient (Wildman–Crippen LogP) is 4.86. The first-order chi connectivity index (χ1) is 18.6. The van der Waals surface area contributed by atoms with Crippen LogP contribution in [0.1, 0.15) is 18.4 Å². The van der Waals surface area contributed by atoms with Gasteiger partial charge in [0.2, 0.25) is 5.91 Å². The van der Waals surface area contributed by atoms with Crippen molar-refractivity contribution in [3.8, 4) is 16.9 Å². The quantitative estimate of drug-likeness (QED) is 0.321. The summed E-state index contributed by atoms with van der Waals surface area (Å²) in [5.74, 6) is 0.602. The molecule has 1 saturated heterocycles. The van der Waals surface area contributed by atoms with Gasteiger partial charge in [-0.25, -0.2) is 4.79 Å². The van der Waals surface area contributed by atoms with Crippen molar-refractivity contribution in [1.29, 1.82) is 0 Å². The number of anilines is 1. The molecule has 198 valence electrons. The van der Waals surface area contributed by atoms with Crippen molar-refractivity contribution < 1.29 is 14.3 Å². The first-order valence-corrected chi connectivity index (χ1v) is 13.1. The van der Waals surface area contributed by atoms with Gasteiger partial charge >= 0.3 is 6.03 Å². The third-order valence-electron chi connectivity index (χ3n) is 6.59. The SMILES string of the molecule is COc1ccc(C[C@@H](/C=C/C(=O)NCCN2CCCC2)NC(=O)Nc2ccc(-c3ccccc3)cc2)cc1. The van der Waals surface area contributed by atoms with Gasteiger partial charge in [-0.15, -0.1) is 0 Å². The maximum Gasteiger partial charge on any atom is 0.319 e. The first-order valence-electron chi connectivity index (χ1n) is 13.1. The zero-order valence-corrected chi connectivity index (χ0v) is 21.9. The molecule has 1 fully saturated rings. The summed E-state index contributed by atoms with van der Waals surface area (Å²) >= 11 is 0. The fraction of sp³-hybridized carbons (Fsp3) is 0.290. The summed E-state index contributed by atoms with van der Waals surface area (Å²) in [6.07, 6.45) is 6.24.